The Morgan fingerprint density at radius 1 is 1.53 bits per heavy atom. The van der Waals surface area contributed by atoms with Crippen LogP contribution in [0.2, 0.25) is 0 Å². The van der Waals surface area contributed by atoms with E-state index in [1.54, 1.807) is 13.0 Å². The molecular formula is C13H10FNO2. The minimum atomic E-state index is -0.644. The summed E-state index contributed by atoms with van der Waals surface area (Å²) in [6, 6.07) is 6.09. The molecule has 0 aliphatic rings. The summed E-state index contributed by atoms with van der Waals surface area (Å²) >= 11 is 0. The minimum Gasteiger partial charge on any atom is -0.456 e. The van der Waals surface area contributed by atoms with Crippen LogP contribution in [0.1, 0.15) is 18.1 Å². The molecule has 0 bridgehead atoms. The number of nitriles is 1. The molecule has 0 aliphatic heterocycles. The van der Waals surface area contributed by atoms with Crippen molar-refractivity contribution in [3.63, 3.8) is 0 Å². The Hall–Kier alpha value is -2.33. The van der Waals surface area contributed by atoms with Crippen molar-refractivity contribution in [1.29, 1.82) is 5.26 Å². The number of carbonyl (C=O) groups is 1. The highest BCUT2D eigenvalue weighted by molar-refractivity contribution is 5.89. The molecule has 0 radical (unpaired) electrons. The Morgan fingerprint density at radius 2 is 2.29 bits per heavy atom. The molecule has 0 saturated heterocycles. The van der Waals surface area contributed by atoms with Gasteiger partial charge in [-0.15, -0.1) is 0 Å². The van der Waals surface area contributed by atoms with Gasteiger partial charge in [-0.3, -0.25) is 0 Å². The molecule has 0 aromatic heterocycles. The second kappa shape index (κ2) is 6.30. The van der Waals surface area contributed by atoms with Gasteiger partial charge in [0.15, 0.2) is 0 Å². The molecule has 1 aromatic rings. The maximum Gasteiger partial charge on any atom is 0.384 e. The third-order valence-corrected chi connectivity index (χ3v) is 1.91. The molecule has 0 atom stereocenters. The summed E-state index contributed by atoms with van der Waals surface area (Å²) in [4.78, 5) is 10.9. The molecule has 0 amide bonds. The fourth-order valence-electron chi connectivity index (χ4n) is 1.14. The number of rotatable bonds is 2. The van der Waals surface area contributed by atoms with Crippen molar-refractivity contribution < 1.29 is 13.9 Å². The highest BCUT2D eigenvalue weighted by atomic mass is 19.1. The van der Waals surface area contributed by atoms with E-state index >= 15 is 0 Å². The molecule has 0 fully saturated rings. The summed E-state index contributed by atoms with van der Waals surface area (Å²) in [6.07, 6.45) is 0.0113. The van der Waals surface area contributed by atoms with Gasteiger partial charge in [0.25, 0.3) is 0 Å². The maximum atomic E-state index is 13.4. The van der Waals surface area contributed by atoms with Crippen LogP contribution < -0.4 is 0 Å². The van der Waals surface area contributed by atoms with Crippen LogP contribution in [0.25, 0.3) is 0 Å². The average Bonchev–Trinajstić information content (AvgIpc) is 2.30. The van der Waals surface area contributed by atoms with Gasteiger partial charge in [-0.2, -0.15) is 5.26 Å². The molecule has 0 spiro atoms. The Bertz CT molecular complexity index is 520. The van der Waals surface area contributed by atoms with Crippen LogP contribution in [0.5, 0.6) is 0 Å². The smallest absolute Gasteiger partial charge is 0.384 e. The van der Waals surface area contributed by atoms with Gasteiger partial charge in [0, 0.05) is 17.0 Å². The molecule has 0 unspecified atom stereocenters. The number of esters is 1. The highest BCUT2D eigenvalue weighted by Crippen LogP contribution is 2.10. The molecule has 3 nitrogen and oxygen atoms in total. The van der Waals surface area contributed by atoms with Crippen LogP contribution in [0.4, 0.5) is 4.39 Å². The summed E-state index contributed by atoms with van der Waals surface area (Å²) in [7, 11) is 0. The highest BCUT2D eigenvalue weighted by Gasteiger charge is 2.02. The minimum absolute atomic E-state index is 0.0113. The van der Waals surface area contributed by atoms with Gasteiger partial charge in [0.1, 0.15) is 5.82 Å². The van der Waals surface area contributed by atoms with Crippen molar-refractivity contribution in [1.82, 2.24) is 0 Å². The molecule has 4 heteroatoms. The maximum absolute atomic E-state index is 13.4. The third-order valence-electron chi connectivity index (χ3n) is 1.91. The normalized spacial score (nSPS) is 8.76. The number of hydrogen-bond acceptors (Lipinski definition) is 3. The topological polar surface area (TPSA) is 50.1 Å². The number of benzene rings is 1. The van der Waals surface area contributed by atoms with E-state index in [-0.39, 0.29) is 13.0 Å². The van der Waals surface area contributed by atoms with Crippen LogP contribution in [-0.4, -0.2) is 12.6 Å². The van der Waals surface area contributed by atoms with Crippen molar-refractivity contribution in [3.05, 3.63) is 35.1 Å². The molecule has 0 heterocycles. The molecule has 0 N–H and O–H groups in total. The summed E-state index contributed by atoms with van der Waals surface area (Å²) in [5.41, 5.74) is 0.687. The Balaban J connectivity index is 2.84. The first-order chi connectivity index (χ1) is 8.17. The summed E-state index contributed by atoms with van der Waals surface area (Å²) in [5, 5.41) is 8.44. The van der Waals surface area contributed by atoms with Crippen LogP contribution in [0.3, 0.4) is 0 Å². The van der Waals surface area contributed by atoms with E-state index in [1.807, 2.05) is 6.07 Å². The molecule has 17 heavy (non-hydrogen) atoms. The first kappa shape index (κ1) is 12.7. The monoisotopic (exact) mass is 231 g/mol. The van der Waals surface area contributed by atoms with Gasteiger partial charge in [-0.05, 0) is 19.1 Å². The standard InChI is InChI=1S/C13H10FNO2/c1-2-17-13(16)6-4-10-3-5-11(7-8-15)12(14)9-10/h3,5,9H,2,7H2,1H3. The predicted molar refractivity (Wildman–Crippen MR) is 59.2 cm³/mol. The zero-order valence-electron chi connectivity index (χ0n) is 9.29. The second-order valence-electron chi connectivity index (χ2n) is 3.11. The van der Waals surface area contributed by atoms with Crippen molar-refractivity contribution in [3.8, 4) is 17.9 Å². The number of hydrogen-bond donors (Lipinski definition) is 0. The van der Waals surface area contributed by atoms with E-state index in [0.717, 1.165) is 0 Å². The first-order valence-corrected chi connectivity index (χ1v) is 5.01. The Morgan fingerprint density at radius 3 is 2.88 bits per heavy atom. The van der Waals surface area contributed by atoms with Crippen LogP contribution in [-0.2, 0) is 16.0 Å². The number of carbonyl (C=O) groups excluding carboxylic acids is 1. The lowest BCUT2D eigenvalue weighted by atomic mass is 10.1. The summed E-state index contributed by atoms with van der Waals surface area (Å²) in [5.74, 6) is 3.59. The van der Waals surface area contributed by atoms with Crippen molar-refractivity contribution in [2.75, 3.05) is 6.61 Å². The average molecular weight is 231 g/mol. The lowest BCUT2D eigenvalue weighted by Crippen LogP contribution is -1.99. The van der Waals surface area contributed by atoms with E-state index in [2.05, 4.69) is 16.6 Å². The quantitative estimate of drug-likeness (QED) is 0.576. The lowest BCUT2D eigenvalue weighted by Gasteiger charge is -1.97. The van der Waals surface area contributed by atoms with Crippen LogP contribution in [0, 0.1) is 29.0 Å². The van der Waals surface area contributed by atoms with E-state index in [9.17, 15) is 9.18 Å². The first-order valence-electron chi connectivity index (χ1n) is 5.01. The third kappa shape index (κ3) is 3.96. The van der Waals surface area contributed by atoms with Crippen LogP contribution >= 0.6 is 0 Å². The summed E-state index contributed by atoms with van der Waals surface area (Å²) in [6.45, 7) is 1.93. The Kier molecular flexibility index (Phi) is 4.72. The number of nitrogens with zero attached hydrogens (tertiary/aromatic N) is 1. The number of halogens is 1. The number of ether oxygens (including phenoxy) is 1. The van der Waals surface area contributed by atoms with E-state index in [1.165, 1.54) is 12.1 Å². The molecular weight excluding hydrogens is 221 g/mol. The molecule has 0 saturated carbocycles. The van der Waals surface area contributed by atoms with Crippen molar-refractivity contribution in [2.24, 2.45) is 0 Å². The zero-order valence-corrected chi connectivity index (χ0v) is 9.29. The molecule has 86 valence electrons. The Labute approximate surface area is 98.8 Å². The SMILES string of the molecule is CCOC(=O)C#Cc1ccc(CC#N)c(F)c1. The van der Waals surface area contributed by atoms with E-state index < -0.39 is 11.8 Å². The largest absolute Gasteiger partial charge is 0.456 e. The second-order valence-corrected chi connectivity index (χ2v) is 3.11. The van der Waals surface area contributed by atoms with E-state index in [0.29, 0.717) is 11.1 Å². The van der Waals surface area contributed by atoms with Gasteiger partial charge in [0.05, 0.1) is 19.1 Å². The molecule has 1 aromatic carbocycles. The predicted octanol–water partition coefficient (Wildman–Crippen LogP) is 1.81. The van der Waals surface area contributed by atoms with Gasteiger partial charge >= 0.3 is 5.97 Å². The van der Waals surface area contributed by atoms with E-state index in [4.69, 9.17) is 5.26 Å². The molecule has 1 rings (SSSR count). The van der Waals surface area contributed by atoms with Gasteiger partial charge < -0.3 is 4.74 Å². The lowest BCUT2D eigenvalue weighted by molar-refractivity contribution is -0.136. The molecule has 0 aliphatic carbocycles. The zero-order chi connectivity index (χ0) is 12.7. The van der Waals surface area contributed by atoms with Gasteiger partial charge in [-0.25, -0.2) is 9.18 Å². The van der Waals surface area contributed by atoms with Gasteiger partial charge in [0.2, 0.25) is 0 Å². The van der Waals surface area contributed by atoms with Crippen molar-refractivity contribution >= 4 is 5.97 Å². The van der Waals surface area contributed by atoms with Crippen LogP contribution in [0.15, 0.2) is 18.2 Å². The summed E-state index contributed by atoms with van der Waals surface area (Å²) < 4.78 is 18.0. The van der Waals surface area contributed by atoms with Crippen molar-refractivity contribution in [2.45, 2.75) is 13.3 Å². The fraction of sp³-hybridized carbons (Fsp3) is 0.231. The fourth-order valence-corrected chi connectivity index (χ4v) is 1.14. The van der Waals surface area contributed by atoms with Gasteiger partial charge in [-0.1, -0.05) is 12.0 Å².